The molecule has 0 aliphatic rings. The molecule has 7 heteroatoms. The van der Waals surface area contributed by atoms with Gasteiger partial charge in [-0.1, -0.05) is 0 Å². The lowest BCUT2D eigenvalue weighted by Crippen LogP contribution is -2.32. The van der Waals surface area contributed by atoms with Gasteiger partial charge in [0.2, 0.25) is 10.0 Å². The van der Waals surface area contributed by atoms with Crippen molar-refractivity contribution in [2.75, 3.05) is 7.11 Å². The minimum absolute atomic E-state index is 0.0771. The fraction of sp³-hybridized carbons (Fsp3) is 0.417. The molecule has 0 radical (unpaired) electrons. The Morgan fingerprint density at radius 1 is 1.37 bits per heavy atom. The second kappa shape index (κ2) is 6.53. The molecule has 2 N–H and O–H groups in total. The first-order chi connectivity index (χ1) is 8.85. The van der Waals surface area contributed by atoms with E-state index in [1.807, 2.05) is 0 Å². The minimum atomic E-state index is -3.63. The SMILES string of the molecule is COc1ccc(S(=O)(=O)NC(C)CCC(=O)O)cc1. The number of carboxylic acid groups (broad SMARTS) is 1. The maximum atomic E-state index is 12.0. The Morgan fingerprint density at radius 2 is 1.95 bits per heavy atom. The van der Waals surface area contributed by atoms with Gasteiger partial charge in [-0.15, -0.1) is 0 Å². The summed E-state index contributed by atoms with van der Waals surface area (Å²) in [5.74, 6) is -0.381. The molecule has 1 rings (SSSR count). The summed E-state index contributed by atoms with van der Waals surface area (Å²) in [6, 6.07) is 5.53. The van der Waals surface area contributed by atoms with Gasteiger partial charge in [-0.2, -0.15) is 0 Å². The van der Waals surface area contributed by atoms with E-state index in [2.05, 4.69) is 4.72 Å². The highest BCUT2D eigenvalue weighted by molar-refractivity contribution is 7.89. The van der Waals surface area contributed by atoms with Crippen LogP contribution >= 0.6 is 0 Å². The summed E-state index contributed by atoms with van der Waals surface area (Å²) in [6.07, 6.45) is 0.164. The van der Waals surface area contributed by atoms with Crippen molar-refractivity contribution < 1.29 is 23.1 Å². The van der Waals surface area contributed by atoms with Gasteiger partial charge < -0.3 is 9.84 Å². The predicted molar refractivity (Wildman–Crippen MR) is 69.6 cm³/mol. The molecule has 0 aliphatic carbocycles. The predicted octanol–water partition coefficient (Wildman–Crippen LogP) is 1.23. The van der Waals surface area contributed by atoms with Crippen LogP contribution in [0.1, 0.15) is 19.8 Å². The van der Waals surface area contributed by atoms with Gasteiger partial charge in [-0.3, -0.25) is 4.79 Å². The molecule has 1 aromatic rings. The average Bonchev–Trinajstić information content (AvgIpc) is 2.36. The van der Waals surface area contributed by atoms with Crippen LogP contribution in [-0.2, 0) is 14.8 Å². The summed E-state index contributed by atoms with van der Waals surface area (Å²) in [5.41, 5.74) is 0. The first-order valence-corrected chi connectivity index (χ1v) is 7.21. The van der Waals surface area contributed by atoms with E-state index in [1.54, 1.807) is 19.1 Å². The Morgan fingerprint density at radius 3 is 2.42 bits per heavy atom. The lowest BCUT2D eigenvalue weighted by molar-refractivity contribution is -0.137. The van der Waals surface area contributed by atoms with E-state index in [0.29, 0.717) is 5.75 Å². The highest BCUT2D eigenvalue weighted by atomic mass is 32.2. The summed E-state index contributed by atoms with van der Waals surface area (Å²) < 4.78 is 31.4. The van der Waals surface area contributed by atoms with Gasteiger partial charge in [-0.25, -0.2) is 13.1 Å². The first kappa shape index (κ1) is 15.5. The molecule has 0 saturated carbocycles. The van der Waals surface area contributed by atoms with E-state index in [-0.39, 0.29) is 17.7 Å². The Balaban J connectivity index is 2.71. The van der Waals surface area contributed by atoms with Crippen molar-refractivity contribution in [3.8, 4) is 5.75 Å². The Labute approximate surface area is 112 Å². The third-order valence-corrected chi connectivity index (χ3v) is 4.12. The van der Waals surface area contributed by atoms with Crippen LogP contribution in [-0.4, -0.2) is 32.6 Å². The van der Waals surface area contributed by atoms with Crippen molar-refractivity contribution >= 4 is 16.0 Å². The zero-order chi connectivity index (χ0) is 14.5. The second-order valence-electron chi connectivity index (χ2n) is 4.13. The fourth-order valence-electron chi connectivity index (χ4n) is 1.49. The first-order valence-electron chi connectivity index (χ1n) is 5.73. The number of hydrogen-bond donors (Lipinski definition) is 2. The normalized spacial score (nSPS) is 12.9. The molecule has 1 unspecified atom stereocenters. The maximum absolute atomic E-state index is 12.0. The molecule has 0 aliphatic heterocycles. The zero-order valence-corrected chi connectivity index (χ0v) is 11.6. The second-order valence-corrected chi connectivity index (χ2v) is 5.84. The molecule has 6 nitrogen and oxygen atoms in total. The topological polar surface area (TPSA) is 92.7 Å². The summed E-state index contributed by atoms with van der Waals surface area (Å²) in [6.45, 7) is 1.63. The Bertz CT molecular complexity index is 524. The molecule has 0 fully saturated rings. The number of rotatable bonds is 7. The number of carbonyl (C=O) groups is 1. The largest absolute Gasteiger partial charge is 0.497 e. The lowest BCUT2D eigenvalue weighted by Gasteiger charge is -2.13. The fourth-order valence-corrected chi connectivity index (χ4v) is 2.76. The van der Waals surface area contributed by atoms with Gasteiger partial charge in [0.05, 0.1) is 12.0 Å². The summed E-state index contributed by atoms with van der Waals surface area (Å²) >= 11 is 0. The molecule has 0 aromatic heterocycles. The van der Waals surface area contributed by atoms with E-state index >= 15 is 0 Å². The standard InChI is InChI=1S/C12H17NO5S/c1-9(3-8-12(14)15)13-19(16,17)11-6-4-10(18-2)5-7-11/h4-7,9,13H,3,8H2,1-2H3,(H,14,15). The van der Waals surface area contributed by atoms with Crippen molar-refractivity contribution in [1.82, 2.24) is 4.72 Å². The Hall–Kier alpha value is -1.60. The molecule has 0 bridgehead atoms. The van der Waals surface area contributed by atoms with Gasteiger partial charge in [0.25, 0.3) is 0 Å². The zero-order valence-electron chi connectivity index (χ0n) is 10.8. The van der Waals surface area contributed by atoms with Crippen LogP contribution in [0.25, 0.3) is 0 Å². The number of carboxylic acids is 1. The molecule has 106 valence electrons. The molecule has 0 heterocycles. The summed E-state index contributed by atoms with van der Waals surface area (Å²) in [4.78, 5) is 10.5. The number of hydrogen-bond acceptors (Lipinski definition) is 4. The quantitative estimate of drug-likeness (QED) is 0.786. The van der Waals surface area contributed by atoms with Gasteiger partial charge >= 0.3 is 5.97 Å². The van der Waals surface area contributed by atoms with E-state index < -0.39 is 22.0 Å². The van der Waals surface area contributed by atoms with Crippen LogP contribution in [0.5, 0.6) is 5.75 Å². The number of methoxy groups -OCH3 is 1. The van der Waals surface area contributed by atoms with Crippen LogP contribution in [0.15, 0.2) is 29.2 Å². The van der Waals surface area contributed by atoms with E-state index in [4.69, 9.17) is 9.84 Å². The molecule has 1 atom stereocenters. The van der Waals surface area contributed by atoms with Gasteiger partial charge in [0, 0.05) is 12.5 Å². The number of nitrogens with one attached hydrogen (secondary N) is 1. The summed E-state index contributed by atoms with van der Waals surface area (Å²) in [5, 5.41) is 8.54. The highest BCUT2D eigenvalue weighted by Gasteiger charge is 2.17. The van der Waals surface area contributed by atoms with Crippen LogP contribution < -0.4 is 9.46 Å². The molecule has 0 amide bonds. The van der Waals surface area contributed by atoms with Crippen molar-refractivity contribution in [1.29, 1.82) is 0 Å². The number of aliphatic carboxylic acids is 1. The lowest BCUT2D eigenvalue weighted by atomic mass is 10.2. The molecular formula is C12H17NO5S. The van der Waals surface area contributed by atoms with Crippen molar-refractivity contribution in [3.05, 3.63) is 24.3 Å². The molecule has 0 saturated heterocycles. The average molecular weight is 287 g/mol. The third-order valence-electron chi connectivity index (χ3n) is 2.52. The van der Waals surface area contributed by atoms with Crippen molar-refractivity contribution in [2.45, 2.75) is 30.7 Å². The Kier molecular flexibility index (Phi) is 5.31. The van der Waals surface area contributed by atoms with Gasteiger partial charge in [0.15, 0.2) is 0 Å². The van der Waals surface area contributed by atoms with E-state index in [1.165, 1.54) is 19.2 Å². The monoisotopic (exact) mass is 287 g/mol. The highest BCUT2D eigenvalue weighted by Crippen LogP contribution is 2.16. The molecule has 19 heavy (non-hydrogen) atoms. The maximum Gasteiger partial charge on any atom is 0.303 e. The smallest absolute Gasteiger partial charge is 0.303 e. The van der Waals surface area contributed by atoms with Crippen LogP contribution in [0.2, 0.25) is 0 Å². The van der Waals surface area contributed by atoms with Crippen LogP contribution in [0, 0.1) is 0 Å². The van der Waals surface area contributed by atoms with Crippen molar-refractivity contribution in [3.63, 3.8) is 0 Å². The van der Waals surface area contributed by atoms with Crippen LogP contribution in [0.3, 0.4) is 0 Å². The van der Waals surface area contributed by atoms with E-state index in [9.17, 15) is 13.2 Å². The van der Waals surface area contributed by atoms with E-state index in [0.717, 1.165) is 0 Å². The molecular weight excluding hydrogens is 270 g/mol. The number of benzene rings is 1. The van der Waals surface area contributed by atoms with Gasteiger partial charge in [0.1, 0.15) is 5.75 Å². The number of sulfonamides is 1. The number of ether oxygens (including phenoxy) is 1. The minimum Gasteiger partial charge on any atom is -0.497 e. The summed E-state index contributed by atoms with van der Waals surface area (Å²) in [7, 11) is -2.14. The molecule has 0 spiro atoms. The third kappa shape index (κ3) is 4.88. The molecule has 1 aromatic carbocycles. The van der Waals surface area contributed by atoms with Crippen molar-refractivity contribution in [2.24, 2.45) is 0 Å². The van der Waals surface area contributed by atoms with Gasteiger partial charge in [-0.05, 0) is 37.6 Å². The van der Waals surface area contributed by atoms with Crippen LogP contribution in [0.4, 0.5) is 0 Å².